The Kier molecular flexibility index (Phi) is 3.91. The summed E-state index contributed by atoms with van der Waals surface area (Å²) in [6.45, 7) is 6.25. The van der Waals surface area contributed by atoms with Crippen LogP contribution in [-0.2, 0) is 0 Å². The molecule has 0 radical (unpaired) electrons. The molecule has 1 aliphatic rings. The topological polar surface area (TPSA) is 96.1 Å². The van der Waals surface area contributed by atoms with Crippen LogP contribution in [0.5, 0.6) is 0 Å². The SMILES string of the molecule is CC1(C)CCCN(c2sc(C#N)c(N)c2C(N)=O)CC1. The van der Waals surface area contributed by atoms with Gasteiger partial charge in [0.1, 0.15) is 15.9 Å². The average Bonchev–Trinajstić information content (AvgIpc) is 2.59. The summed E-state index contributed by atoms with van der Waals surface area (Å²) in [4.78, 5) is 14.2. The van der Waals surface area contributed by atoms with Crippen molar-refractivity contribution in [2.75, 3.05) is 23.7 Å². The first-order chi connectivity index (χ1) is 9.35. The highest BCUT2D eigenvalue weighted by molar-refractivity contribution is 7.17. The number of nitrogens with zero attached hydrogens (tertiary/aromatic N) is 2. The Labute approximate surface area is 123 Å². The van der Waals surface area contributed by atoms with E-state index in [0.29, 0.717) is 15.9 Å². The van der Waals surface area contributed by atoms with Crippen LogP contribution in [0.2, 0.25) is 0 Å². The van der Waals surface area contributed by atoms with Crippen LogP contribution in [0.4, 0.5) is 10.7 Å². The van der Waals surface area contributed by atoms with Crippen LogP contribution >= 0.6 is 11.3 Å². The van der Waals surface area contributed by atoms with E-state index in [2.05, 4.69) is 18.7 Å². The van der Waals surface area contributed by atoms with Gasteiger partial charge in [-0.2, -0.15) is 5.26 Å². The van der Waals surface area contributed by atoms with Gasteiger partial charge in [0, 0.05) is 13.1 Å². The number of nitrogen functional groups attached to an aromatic ring is 1. The summed E-state index contributed by atoms with van der Waals surface area (Å²) in [5.74, 6) is -0.557. The van der Waals surface area contributed by atoms with E-state index in [1.165, 1.54) is 11.3 Å². The highest BCUT2D eigenvalue weighted by Gasteiger charge is 2.28. The number of nitrogens with two attached hydrogens (primary N) is 2. The van der Waals surface area contributed by atoms with Crippen molar-refractivity contribution in [2.45, 2.75) is 33.1 Å². The lowest BCUT2D eigenvalue weighted by Gasteiger charge is -2.24. The number of hydrogen-bond acceptors (Lipinski definition) is 5. The van der Waals surface area contributed by atoms with Crippen molar-refractivity contribution in [3.8, 4) is 6.07 Å². The minimum atomic E-state index is -0.557. The third kappa shape index (κ3) is 2.73. The first kappa shape index (κ1) is 14.7. The van der Waals surface area contributed by atoms with Crippen molar-refractivity contribution in [3.05, 3.63) is 10.4 Å². The van der Waals surface area contributed by atoms with Crippen molar-refractivity contribution in [1.82, 2.24) is 0 Å². The van der Waals surface area contributed by atoms with Gasteiger partial charge in [-0.1, -0.05) is 13.8 Å². The van der Waals surface area contributed by atoms with E-state index in [0.717, 1.165) is 37.4 Å². The van der Waals surface area contributed by atoms with Crippen LogP contribution in [0.15, 0.2) is 0 Å². The van der Waals surface area contributed by atoms with Crippen LogP contribution in [0.1, 0.15) is 48.3 Å². The number of carbonyl (C=O) groups excluding carboxylic acids is 1. The molecular weight excluding hydrogens is 272 g/mol. The molecule has 1 aromatic heterocycles. The zero-order valence-corrected chi connectivity index (χ0v) is 12.7. The molecule has 108 valence electrons. The molecule has 0 spiro atoms. The van der Waals surface area contributed by atoms with Crippen molar-refractivity contribution >= 4 is 27.9 Å². The average molecular weight is 292 g/mol. The predicted molar refractivity (Wildman–Crippen MR) is 81.8 cm³/mol. The Morgan fingerprint density at radius 3 is 2.70 bits per heavy atom. The van der Waals surface area contributed by atoms with Crippen LogP contribution in [-0.4, -0.2) is 19.0 Å². The zero-order valence-electron chi connectivity index (χ0n) is 11.9. The third-order valence-corrected chi connectivity index (χ3v) is 5.07. The number of amides is 1. The number of rotatable bonds is 2. The number of carbonyl (C=O) groups is 1. The van der Waals surface area contributed by atoms with E-state index in [-0.39, 0.29) is 5.69 Å². The molecule has 0 aromatic carbocycles. The Hall–Kier alpha value is -1.74. The molecular formula is C14H20N4OS. The van der Waals surface area contributed by atoms with Crippen LogP contribution in [0, 0.1) is 16.7 Å². The number of hydrogen-bond donors (Lipinski definition) is 2. The number of anilines is 2. The number of nitriles is 1. The summed E-state index contributed by atoms with van der Waals surface area (Å²) in [5, 5.41) is 9.84. The molecule has 0 aliphatic carbocycles. The van der Waals surface area contributed by atoms with Gasteiger partial charge in [0.2, 0.25) is 0 Å². The van der Waals surface area contributed by atoms with Crippen LogP contribution in [0.3, 0.4) is 0 Å². The van der Waals surface area contributed by atoms with E-state index in [1.807, 2.05) is 6.07 Å². The van der Waals surface area contributed by atoms with Crippen molar-refractivity contribution in [1.29, 1.82) is 5.26 Å². The van der Waals surface area contributed by atoms with E-state index >= 15 is 0 Å². The summed E-state index contributed by atoms with van der Waals surface area (Å²) in [6.07, 6.45) is 3.26. The molecule has 1 saturated heterocycles. The number of thiophene rings is 1. The minimum Gasteiger partial charge on any atom is -0.396 e. The van der Waals surface area contributed by atoms with Gasteiger partial charge in [0.25, 0.3) is 5.91 Å². The van der Waals surface area contributed by atoms with Crippen LogP contribution in [0.25, 0.3) is 0 Å². The smallest absolute Gasteiger partial charge is 0.253 e. The minimum absolute atomic E-state index is 0.225. The molecule has 1 aliphatic heterocycles. The fourth-order valence-electron chi connectivity index (χ4n) is 2.60. The Morgan fingerprint density at radius 2 is 2.10 bits per heavy atom. The maximum absolute atomic E-state index is 11.6. The molecule has 0 saturated carbocycles. The summed E-state index contributed by atoms with van der Waals surface area (Å²) in [6, 6.07) is 2.04. The molecule has 4 N–H and O–H groups in total. The van der Waals surface area contributed by atoms with E-state index in [9.17, 15) is 4.79 Å². The third-order valence-electron chi connectivity index (χ3n) is 3.90. The number of primary amides is 1. The predicted octanol–water partition coefficient (Wildman–Crippen LogP) is 2.32. The van der Waals surface area contributed by atoms with Gasteiger partial charge in [-0.15, -0.1) is 11.3 Å². The van der Waals surface area contributed by atoms with Gasteiger partial charge in [-0.05, 0) is 24.7 Å². The highest BCUT2D eigenvalue weighted by Crippen LogP contribution is 2.40. The first-order valence-electron chi connectivity index (χ1n) is 6.73. The largest absolute Gasteiger partial charge is 0.396 e. The van der Waals surface area contributed by atoms with Crippen LogP contribution < -0.4 is 16.4 Å². The lowest BCUT2D eigenvalue weighted by Crippen LogP contribution is -2.27. The molecule has 0 atom stereocenters. The maximum Gasteiger partial charge on any atom is 0.253 e. The van der Waals surface area contributed by atoms with Crippen molar-refractivity contribution in [2.24, 2.45) is 11.1 Å². The molecule has 2 rings (SSSR count). The quantitative estimate of drug-likeness (QED) is 0.874. The Balaban J connectivity index is 2.38. The Bertz CT molecular complexity index is 570. The van der Waals surface area contributed by atoms with Gasteiger partial charge in [0.15, 0.2) is 0 Å². The molecule has 2 heterocycles. The summed E-state index contributed by atoms with van der Waals surface area (Å²) >= 11 is 1.27. The molecule has 1 amide bonds. The lowest BCUT2D eigenvalue weighted by atomic mass is 9.85. The van der Waals surface area contributed by atoms with E-state index in [4.69, 9.17) is 16.7 Å². The van der Waals surface area contributed by atoms with Gasteiger partial charge >= 0.3 is 0 Å². The monoisotopic (exact) mass is 292 g/mol. The van der Waals surface area contributed by atoms with Gasteiger partial charge in [-0.25, -0.2) is 0 Å². The normalized spacial score (nSPS) is 18.4. The molecule has 1 fully saturated rings. The van der Waals surface area contributed by atoms with Gasteiger partial charge in [-0.3, -0.25) is 4.79 Å². The second kappa shape index (κ2) is 5.33. The Morgan fingerprint density at radius 1 is 1.40 bits per heavy atom. The molecule has 0 unspecified atom stereocenters. The summed E-state index contributed by atoms with van der Waals surface area (Å²) in [7, 11) is 0. The fourth-order valence-corrected chi connectivity index (χ4v) is 3.68. The van der Waals surface area contributed by atoms with Gasteiger partial charge in [0.05, 0.1) is 11.3 Å². The second-order valence-electron chi connectivity index (χ2n) is 6.01. The molecule has 20 heavy (non-hydrogen) atoms. The summed E-state index contributed by atoms with van der Waals surface area (Å²) < 4.78 is 0. The van der Waals surface area contributed by atoms with Gasteiger partial charge < -0.3 is 16.4 Å². The molecule has 1 aromatic rings. The van der Waals surface area contributed by atoms with E-state index < -0.39 is 5.91 Å². The van der Waals surface area contributed by atoms with Crippen molar-refractivity contribution in [3.63, 3.8) is 0 Å². The lowest BCUT2D eigenvalue weighted by molar-refractivity contribution is 0.100. The second-order valence-corrected chi connectivity index (χ2v) is 7.00. The van der Waals surface area contributed by atoms with E-state index in [1.54, 1.807) is 0 Å². The zero-order chi connectivity index (χ0) is 14.9. The summed E-state index contributed by atoms with van der Waals surface area (Å²) in [5.41, 5.74) is 12.2. The maximum atomic E-state index is 11.6. The standard InChI is InChI=1S/C14H20N4OS/c1-14(2)4-3-6-18(7-5-14)13-10(12(17)19)11(16)9(8-15)20-13/h3-7,16H2,1-2H3,(H2,17,19). The van der Waals surface area contributed by atoms with Crippen molar-refractivity contribution < 1.29 is 4.79 Å². The molecule has 0 bridgehead atoms. The molecule has 6 heteroatoms. The fraction of sp³-hybridized carbons (Fsp3) is 0.571. The highest BCUT2D eigenvalue weighted by atomic mass is 32.1. The first-order valence-corrected chi connectivity index (χ1v) is 7.54. The molecule has 5 nitrogen and oxygen atoms in total.